The number of ether oxygens (including phenoxy) is 1. The van der Waals surface area contributed by atoms with E-state index in [0.717, 1.165) is 29.8 Å². The van der Waals surface area contributed by atoms with Crippen molar-refractivity contribution in [2.75, 3.05) is 6.54 Å². The Labute approximate surface area is 126 Å². The van der Waals surface area contributed by atoms with Gasteiger partial charge in [0.05, 0.1) is 12.3 Å². The van der Waals surface area contributed by atoms with Gasteiger partial charge in [0, 0.05) is 18.3 Å². The van der Waals surface area contributed by atoms with Gasteiger partial charge in [-0.1, -0.05) is 12.1 Å². The smallest absolute Gasteiger partial charge is 0.120 e. The standard InChI is InChI=1S/C15H21N3O.ClH/c1-12(2)19-15-6-3-5-13(9-15)14-10-17-18(11-14)8-4-7-16;/h3,5-6,9-12H,4,7-8,16H2,1-2H3;1H. The summed E-state index contributed by atoms with van der Waals surface area (Å²) in [7, 11) is 0. The van der Waals surface area contributed by atoms with E-state index < -0.39 is 0 Å². The highest BCUT2D eigenvalue weighted by Crippen LogP contribution is 2.24. The van der Waals surface area contributed by atoms with Gasteiger partial charge in [0.15, 0.2) is 0 Å². The van der Waals surface area contributed by atoms with E-state index in [0.29, 0.717) is 6.54 Å². The molecule has 0 amide bonds. The Bertz CT molecular complexity index is 525. The molecule has 1 aromatic heterocycles. The molecule has 110 valence electrons. The lowest BCUT2D eigenvalue weighted by Crippen LogP contribution is -2.05. The molecule has 0 spiro atoms. The molecule has 2 rings (SSSR count). The number of hydrogen-bond donors (Lipinski definition) is 1. The maximum atomic E-state index is 5.70. The molecule has 0 aliphatic rings. The van der Waals surface area contributed by atoms with Crippen molar-refractivity contribution in [3.8, 4) is 16.9 Å². The summed E-state index contributed by atoms with van der Waals surface area (Å²) in [6.45, 7) is 5.60. The summed E-state index contributed by atoms with van der Waals surface area (Å²) in [4.78, 5) is 0. The number of benzene rings is 1. The third-order valence-electron chi connectivity index (χ3n) is 2.76. The van der Waals surface area contributed by atoms with Crippen LogP contribution in [0.4, 0.5) is 0 Å². The van der Waals surface area contributed by atoms with Crippen LogP contribution in [0.5, 0.6) is 5.75 Å². The molecule has 0 saturated heterocycles. The second-order valence-corrected chi connectivity index (χ2v) is 4.83. The molecular formula is C15H22ClN3O. The van der Waals surface area contributed by atoms with E-state index in [4.69, 9.17) is 10.5 Å². The minimum absolute atomic E-state index is 0. The Morgan fingerprint density at radius 2 is 2.10 bits per heavy atom. The molecular weight excluding hydrogens is 274 g/mol. The molecule has 4 nitrogen and oxygen atoms in total. The molecule has 5 heteroatoms. The van der Waals surface area contributed by atoms with Crippen LogP contribution < -0.4 is 10.5 Å². The fourth-order valence-corrected chi connectivity index (χ4v) is 1.91. The van der Waals surface area contributed by atoms with Crippen molar-refractivity contribution in [1.82, 2.24) is 9.78 Å². The lowest BCUT2D eigenvalue weighted by molar-refractivity contribution is 0.242. The molecule has 2 N–H and O–H groups in total. The predicted molar refractivity (Wildman–Crippen MR) is 84.3 cm³/mol. The Morgan fingerprint density at radius 3 is 2.80 bits per heavy atom. The van der Waals surface area contributed by atoms with Gasteiger partial charge in [-0.2, -0.15) is 5.10 Å². The minimum atomic E-state index is 0. The molecule has 0 radical (unpaired) electrons. The second kappa shape index (κ2) is 7.92. The van der Waals surface area contributed by atoms with Crippen LogP contribution in [0.2, 0.25) is 0 Å². The van der Waals surface area contributed by atoms with Crippen LogP contribution in [-0.4, -0.2) is 22.4 Å². The van der Waals surface area contributed by atoms with E-state index in [-0.39, 0.29) is 18.5 Å². The van der Waals surface area contributed by atoms with Crippen molar-refractivity contribution in [3.05, 3.63) is 36.7 Å². The SMILES string of the molecule is CC(C)Oc1cccc(-c2cnn(CCCN)c2)c1.Cl. The minimum Gasteiger partial charge on any atom is -0.491 e. The average molecular weight is 296 g/mol. The summed E-state index contributed by atoms with van der Waals surface area (Å²) in [5, 5.41) is 4.34. The molecule has 1 heterocycles. The van der Waals surface area contributed by atoms with Gasteiger partial charge in [0.25, 0.3) is 0 Å². The summed E-state index contributed by atoms with van der Waals surface area (Å²) in [5.41, 5.74) is 7.73. The van der Waals surface area contributed by atoms with Crippen molar-refractivity contribution in [1.29, 1.82) is 0 Å². The summed E-state index contributed by atoms with van der Waals surface area (Å²) >= 11 is 0. The van der Waals surface area contributed by atoms with Crippen molar-refractivity contribution < 1.29 is 4.74 Å². The summed E-state index contributed by atoms with van der Waals surface area (Å²) in [6.07, 6.45) is 5.05. The first-order valence-electron chi connectivity index (χ1n) is 6.68. The van der Waals surface area contributed by atoms with Crippen LogP contribution in [0.1, 0.15) is 20.3 Å². The third-order valence-corrected chi connectivity index (χ3v) is 2.76. The van der Waals surface area contributed by atoms with Crippen LogP contribution >= 0.6 is 12.4 Å². The van der Waals surface area contributed by atoms with Crippen molar-refractivity contribution in [3.63, 3.8) is 0 Å². The topological polar surface area (TPSA) is 53.1 Å². The third kappa shape index (κ3) is 4.54. The fraction of sp³-hybridized carbons (Fsp3) is 0.400. The zero-order chi connectivity index (χ0) is 13.7. The van der Waals surface area contributed by atoms with Crippen molar-refractivity contribution in [2.24, 2.45) is 5.73 Å². The van der Waals surface area contributed by atoms with Gasteiger partial charge >= 0.3 is 0 Å². The predicted octanol–water partition coefficient (Wildman–Crippen LogP) is 3.11. The monoisotopic (exact) mass is 295 g/mol. The highest BCUT2D eigenvalue weighted by molar-refractivity contribution is 5.85. The van der Waals surface area contributed by atoms with Gasteiger partial charge in [-0.25, -0.2) is 0 Å². The second-order valence-electron chi connectivity index (χ2n) is 4.83. The lowest BCUT2D eigenvalue weighted by atomic mass is 10.1. The normalized spacial score (nSPS) is 10.4. The number of aryl methyl sites for hydroxylation is 1. The van der Waals surface area contributed by atoms with Crippen LogP contribution in [0.15, 0.2) is 36.7 Å². The number of halogens is 1. The first-order valence-corrected chi connectivity index (χ1v) is 6.68. The molecule has 0 saturated carbocycles. The maximum absolute atomic E-state index is 5.70. The molecule has 2 aromatic rings. The summed E-state index contributed by atoms with van der Waals surface area (Å²) in [6, 6.07) is 8.09. The molecule has 20 heavy (non-hydrogen) atoms. The lowest BCUT2D eigenvalue weighted by Gasteiger charge is -2.10. The van der Waals surface area contributed by atoms with E-state index in [2.05, 4.69) is 11.2 Å². The van der Waals surface area contributed by atoms with Gasteiger partial charge in [0.2, 0.25) is 0 Å². The number of hydrogen-bond acceptors (Lipinski definition) is 3. The number of rotatable bonds is 6. The van der Waals surface area contributed by atoms with Gasteiger partial charge in [-0.05, 0) is 44.5 Å². The summed E-state index contributed by atoms with van der Waals surface area (Å²) in [5.74, 6) is 0.891. The first-order chi connectivity index (χ1) is 9.19. The molecule has 0 aliphatic heterocycles. The van der Waals surface area contributed by atoms with Crippen LogP contribution in [0.25, 0.3) is 11.1 Å². The molecule has 0 atom stereocenters. The van der Waals surface area contributed by atoms with Crippen LogP contribution in [0.3, 0.4) is 0 Å². The summed E-state index contributed by atoms with van der Waals surface area (Å²) < 4.78 is 7.63. The van der Waals surface area contributed by atoms with Gasteiger partial charge < -0.3 is 10.5 Å². The van der Waals surface area contributed by atoms with Gasteiger partial charge in [-0.3, -0.25) is 4.68 Å². The molecule has 0 bridgehead atoms. The molecule has 1 aromatic carbocycles. The average Bonchev–Trinajstić information content (AvgIpc) is 2.84. The van der Waals surface area contributed by atoms with Crippen molar-refractivity contribution >= 4 is 12.4 Å². The largest absolute Gasteiger partial charge is 0.491 e. The van der Waals surface area contributed by atoms with Gasteiger partial charge in [0.1, 0.15) is 5.75 Å². The Morgan fingerprint density at radius 1 is 1.30 bits per heavy atom. The van der Waals surface area contributed by atoms with E-state index in [1.807, 2.05) is 49.1 Å². The van der Waals surface area contributed by atoms with Crippen LogP contribution in [-0.2, 0) is 6.54 Å². The quantitative estimate of drug-likeness (QED) is 0.891. The van der Waals surface area contributed by atoms with Crippen LogP contribution in [0, 0.1) is 0 Å². The van der Waals surface area contributed by atoms with Crippen molar-refractivity contribution in [2.45, 2.75) is 32.9 Å². The Balaban J connectivity index is 0.00000200. The van der Waals surface area contributed by atoms with E-state index >= 15 is 0 Å². The van der Waals surface area contributed by atoms with Gasteiger partial charge in [-0.15, -0.1) is 12.4 Å². The zero-order valence-corrected chi connectivity index (χ0v) is 12.8. The maximum Gasteiger partial charge on any atom is 0.120 e. The first kappa shape index (κ1) is 16.5. The van der Waals surface area contributed by atoms with E-state index in [9.17, 15) is 0 Å². The number of nitrogens with zero attached hydrogens (tertiary/aromatic N) is 2. The van der Waals surface area contributed by atoms with E-state index in [1.54, 1.807) is 0 Å². The highest BCUT2D eigenvalue weighted by Gasteiger charge is 2.04. The molecule has 0 aliphatic carbocycles. The fourth-order valence-electron chi connectivity index (χ4n) is 1.91. The Hall–Kier alpha value is -1.52. The molecule has 0 unspecified atom stereocenters. The zero-order valence-electron chi connectivity index (χ0n) is 12.0. The highest BCUT2D eigenvalue weighted by atomic mass is 35.5. The number of nitrogens with two attached hydrogens (primary N) is 1. The van der Waals surface area contributed by atoms with E-state index in [1.165, 1.54) is 0 Å². The number of aromatic nitrogens is 2. The molecule has 0 fully saturated rings. The Kier molecular flexibility index (Phi) is 6.55.